The fourth-order valence-electron chi connectivity index (χ4n) is 3.63. The second kappa shape index (κ2) is 5.52. The summed E-state index contributed by atoms with van der Waals surface area (Å²) in [5.41, 5.74) is 1.94. The number of ketones is 1. The maximum absolute atomic E-state index is 13.8. The molecule has 3 atom stereocenters. The van der Waals surface area contributed by atoms with E-state index in [0.29, 0.717) is 12.3 Å². The van der Waals surface area contributed by atoms with Crippen LogP contribution in [0.5, 0.6) is 0 Å². The molecule has 0 aromatic heterocycles. The molecule has 2 aromatic rings. The Kier molecular flexibility index (Phi) is 3.82. The highest BCUT2D eigenvalue weighted by atomic mass is 31.2. The number of carbonyl (C=O) groups is 1. The first-order valence-electron chi connectivity index (χ1n) is 7.69. The van der Waals surface area contributed by atoms with E-state index in [0.717, 1.165) is 11.1 Å². The van der Waals surface area contributed by atoms with Crippen molar-refractivity contribution in [1.29, 1.82) is 0 Å². The van der Waals surface area contributed by atoms with Crippen molar-refractivity contribution in [2.45, 2.75) is 25.2 Å². The summed E-state index contributed by atoms with van der Waals surface area (Å²) in [6.45, 7) is 3.80. The van der Waals surface area contributed by atoms with Gasteiger partial charge in [-0.05, 0) is 18.1 Å². The summed E-state index contributed by atoms with van der Waals surface area (Å²) in [5, 5.41) is -0.858. The van der Waals surface area contributed by atoms with Crippen molar-refractivity contribution >= 4 is 12.9 Å². The first kappa shape index (κ1) is 15.2. The third-order valence-electron chi connectivity index (χ3n) is 4.93. The van der Waals surface area contributed by atoms with Crippen molar-refractivity contribution in [2.75, 3.05) is 6.16 Å². The number of rotatable bonds is 3. The third kappa shape index (κ3) is 2.27. The molecule has 0 spiro atoms. The molecule has 2 aromatic carbocycles. The molecule has 0 aliphatic carbocycles. The minimum absolute atomic E-state index is 0.123. The van der Waals surface area contributed by atoms with Gasteiger partial charge in [0.05, 0.1) is 0 Å². The zero-order chi connectivity index (χ0) is 15.8. The van der Waals surface area contributed by atoms with Gasteiger partial charge in [0.2, 0.25) is 0 Å². The van der Waals surface area contributed by atoms with E-state index in [9.17, 15) is 9.36 Å². The summed E-state index contributed by atoms with van der Waals surface area (Å²) in [7, 11) is -2.70. The lowest BCUT2D eigenvalue weighted by molar-refractivity contribution is -0.123. The minimum Gasteiger partial charge on any atom is -0.322 e. The third-order valence-corrected chi connectivity index (χ3v) is 9.05. The fraction of sp³-hybridized carbons (Fsp3) is 0.316. The van der Waals surface area contributed by atoms with E-state index in [2.05, 4.69) is 0 Å². The normalized spacial score (nSPS) is 31.4. The number of benzene rings is 2. The number of hydrogen-bond donors (Lipinski definition) is 0. The molecule has 0 unspecified atom stereocenters. The Bertz CT molecular complexity index is 724. The SMILES string of the molecule is C[C@H]1C[P@@](=O)(Cc2ccccc2)[C@@](C)(c2ccccc2)C1=O. The van der Waals surface area contributed by atoms with Gasteiger partial charge < -0.3 is 4.57 Å². The Morgan fingerprint density at radius 2 is 1.59 bits per heavy atom. The molecule has 3 heteroatoms. The predicted octanol–water partition coefficient (Wildman–Crippen LogP) is 4.68. The quantitative estimate of drug-likeness (QED) is 0.771. The summed E-state index contributed by atoms with van der Waals surface area (Å²) in [6, 6.07) is 19.5. The fourth-order valence-corrected chi connectivity index (χ4v) is 7.53. The molecular formula is C19H21O2P. The van der Waals surface area contributed by atoms with Crippen molar-refractivity contribution in [3.05, 3.63) is 71.8 Å². The van der Waals surface area contributed by atoms with Crippen molar-refractivity contribution in [1.82, 2.24) is 0 Å². The molecule has 2 nitrogen and oxygen atoms in total. The number of carbonyl (C=O) groups excluding carboxylic acids is 1. The van der Waals surface area contributed by atoms with Crippen LogP contribution in [0.3, 0.4) is 0 Å². The molecule has 0 saturated carbocycles. The van der Waals surface area contributed by atoms with Crippen molar-refractivity contribution in [3.8, 4) is 0 Å². The minimum atomic E-state index is -2.70. The average molecular weight is 312 g/mol. The van der Waals surface area contributed by atoms with Crippen LogP contribution in [0.15, 0.2) is 60.7 Å². The van der Waals surface area contributed by atoms with E-state index < -0.39 is 12.3 Å². The van der Waals surface area contributed by atoms with Gasteiger partial charge in [-0.15, -0.1) is 0 Å². The number of hydrogen-bond acceptors (Lipinski definition) is 2. The van der Waals surface area contributed by atoms with Crippen molar-refractivity contribution in [2.24, 2.45) is 5.92 Å². The van der Waals surface area contributed by atoms with Gasteiger partial charge >= 0.3 is 0 Å². The monoisotopic (exact) mass is 312 g/mol. The largest absolute Gasteiger partial charge is 0.322 e. The molecule has 1 aliphatic heterocycles. The molecule has 1 aliphatic rings. The second-order valence-corrected chi connectivity index (χ2v) is 9.77. The van der Waals surface area contributed by atoms with Crippen LogP contribution in [0.1, 0.15) is 25.0 Å². The molecule has 0 N–H and O–H groups in total. The lowest BCUT2D eigenvalue weighted by Crippen LogP contribution is -2.29. The van der Waals surface area contributed by atoms with E-state index in [4.69, 9.17) is 0 Å². The van der Waals surface area contributed by atoms with Crippen molar-refractivity contribution in [3.63, 3.8) is 0 Å². The van der Waals surface area contributed by atoms with E-state index in [1.54, 1.807) is 0 Å². The van der Waals surface area contributed by atoms with Crippen LogP contribution in [0.25, 0.3) is 0 Å². The highest BCUT2D eigenvalue weighted by molar-refractivity contribution is 7.66. The van der Waals surface area contributed by atoms with Gasteiger partial charge in [-0.25, -0.2) is 0 Å². The maximum Gasteiger partial charge on any atom is 0.153 e. The summed E-state index contributed by atoms with van der Waals surface area (Å²) >= 11 is 0. The van der Waals surface area contributed by atoms with E-state index >= 15 is 0 Å². The highest BCUT2D eigenvalue weighted by Gasteiger charge is 2.58. The van der Waals surface area contributed by atoms with Crippen LogP contribution in [0.2, 0.25) is 0 Å². The Labute approximate surface area is 131 Å². The molecule has 0 amide bonds. The van der Waals surface area contributed by atoms with E-state index in [1.165, 1.54) is 0 Å². The zero-order valence-corrected chi connectivity index (χ0v) is 13.9. The lowest BCUT2D eigenvalue weighted by atomic mass is 9.90. The van der Waals surface area contributed by atoms with E-state index in [-0.39, 0.29) is 11.7 Å². The maximum atomic E-state index is 13.8. The van der Waals surface area contributed by atoms with E-state index in [1.807, 2.05) is 74.5 Å². The number of Topliss-reactive ketones (excluding diaryl/α,β-unsaturated/α-hetero) is 1. The second-order valence-electron chi connectivity index (χ2n) is 6.42. The molecule has 114 valence electrons. The lowest BCUT2D eigenvalue weighted by Gasteiger charge is -2.31. The van der Waals surface area contributed by atoms with Gasteiger partial charge in [-0.1, -0.05) is 67.6 Å². The average Bonchev–Trinajstić information content (AvgIpc) is 2.70. The molecule has 1 fully saturated rings. The standard InChI is InChI=1S/C19H21O2P/c1-15-13-22(21,14-16-9-5-3-6-10-16)19(2,18(15)20)17-11-7-4-8-12-17/h3-12,15H,13-14H2,1-2H3/t15-,19-,22+/m0/s1. The predicted molar refractivity (Wildman–Crippen MR) is 90.6 cm³/mol. The van der Waals surface area contributed by atoms with Gasteiger partial charge in [0.25, 0.3) is 0 Å². The smallest absolute Gasteiger partial charge is 0.153 e. The van der Waals surface area contributed by atoms with Gasteiger partial charge in [-0.3, -0.25) is 4.79 Å². The summed E-state index contributed by atoms with van der Waals surface area (Å²) < 4.78 is 13.8. The van der Waals surface area contributed by atoms with Crippen molar-refractivity contribution < 1.29 is 9.36 Å². The van der Waals surface area contributed by atoms with Gasteiger partial charge in [0.15, 0.2) is 5.78 Å². The molecule has 1 saturated heterocycles. The van der Waals surface area contributed by atoms with Crippen LogP contribution in [0.4, 0.5) is 0 Å². The topological polar surface area (TPSA) is 34.1 Å². The first-order chi connectivity index (χ1) is 10.5. The van der Waals surface area contributed by atoms with Crippen LogP contribution >= 0.6 is 7.14 Å². The summed E-state index contributed by atoms with van der Waals surface area (Å²) in [6.07, 6.45) is 1.00. The van der Waals surface area contributed by atoms with Crippen LogP contribution < -0.4 is 0 Å². The van der Waals surface area contributed by atoms with Crippen LogP contribution in [-0.4, -0.2) is 11.9 Å². The molecule has 22 heavy (non-hydrogen) atoms. The first-order valence-corrected chi connectivity index (χ1v) is 9.77. The molecule has 3 rings (SSSR count). The highest BCUT2D eigenvalue weighted by Crippen LogP contribution is 2.71. The Balaban J connectivity index is 2.09. The van der Waals surface area contributed by atoms with Gasteiger partial charge in [0, 0.05) is 18.2 Å². The molecular weight excluding hydrogens is 291 g/mol. The zero-order valence-electron chi connectivity index (χ0n) is 13.0. The Morgan fingerprint density at radius 3 is 2.18 bits per heavy atom. The Morgan fingerprint density at radius 1 is 1.05 bits per heavy atom. The summed E-state index contributed by atoms with van der Waals surface area (Å²) in [4.78, 5) is 12.9. The van der Waals surface area contributed by atoms with Gasteiger partial charge in [-0.2, -0.15) is 0 Å². The molecule has 1 heterocycles. The Hall–Kier alpha value is -1.66. The van der Waals surface area contributed by atoms with Crippen LogP contribution in [-0.2, 0) is 20.7 Å². The molecule has 0 radical (unpaired) electrons. The van der Waals surface area contributed by atoms with Gasteiger partial charge in [0.1, 0.15) is 12.3 Å². The van der Waals surface area contributed by atoms with Crippen LogP contribution in [0, 0.1) is 5.92 Å². The summed E-state index contributed by atoms with van der Waals surface area (Å²) in [5.74, 6) is -0.0160. The molecule has 0 bridgehead atoms.